The molecule has 1 unspecified atom stereocenters. The number of nitrogens with one attached hydrogen (secondary N) is 1. The van der Waals surface area contributed by atoms with Crippen LogP contribution in [0.1, 0.15) is 32.4 Å². The van der Waals surface area contributed by atoms with Crippen LogP contribution in [-0.2, 0) is 9.53 Å². The van der Waals surface area contributed by atoms with Crippen molar-refractivity contribution < 1.29 is 9.53 Å². The smallest absolute Gasteiger partial charge is 0.328 e. The lowest BCUT2D eigenvalue weighted by Crippen LogP contribution is -2.31. The summed E-state index contributed by atoms with van der Waals surface area (Å²) in [6, 6.07) is 4.64. The number of aromatic amines is 1. The van der Waals surface area contributed by atoms with Crippen LogP contribution in [0.25, 0.3) is 10.9 Å². The number of halogens is 1. The Morgan fingerprint density at radius 3 is 2.74 bits per heavy atom. The minimum atomic E-state index is -0.811. The number of hydrogen-bond donors (Lipinski definition) is 2. The predicted molar refractivity (Wildman–Crippen MR) is 76.1 cm³/mol. The van der Waals surface area contributed by atoms with Gasteiger partial charge in [0, 0.05) is 17.1 Å². The van der Waals surface area contributed by atoms with Crippen molar-refractivity contribution in [2.75, 3.05) is 0 Å². The maximum atomic E-state index is 11.9. The van der Waals surface area contributed by atoms with Gasteiger partial charge in [-0.25, -0.2) is 4.79 Å². The summed E-state index contributed by atoms with van der Waals surface area (Å²) in [5.74, 6) is -0.446. The van der Waals surface area contributed by atoms with Crippen molar-refractivity contribution >= 4 is 28.5 Å². The van der Waals surface area contributed by atoms with E-state index in [9.17, 15) is 4.79 Å². The first-order valence-electron chi connectivity index (χ1n) is 6.03. The van der Waals surface area contributed by atoms with Crippen molar-refractivity contribution in [3.05, 3.63) is 35.0 Å². The summed E-state index contributed by atoms with van der Waals surface area (Å²) in [6.07, 6.45) is 1.70. The lowest BCUT2D eigenvalue weighted by Gasteiger charge is -2.22. The molecule has 5 heteroatoms. The molecule has 2 rings (SSSR count). The molecule has 2 aromatic rings. The summed E-state index contributed by atoms with van der Waals surface area (Å²) in [5, 5.41) is 1.45. The summed E-state index contributed by atoms with van der Waals surface area (Å²) < 4.78 is 5.27. The van der Waals surface area contributed by atoms with E-state index in [0.29, 0.717) is 10.6 Å². The van der Waals surface area contributed by atoms with Gasteiger partial charge in [0.15, 0.2) is 0 Å². The minimum absolute atomic E-state index is 0.446. The molecule has 1 atom stereocenters. The van der Waals surface area contributed by atoms with Crippen LogP contribution in [0.4, 0.5) is 0 Å². The maximum Gasteiger partial charge on any atom is 0.328 e. The van der Waals surface area contributed by atoms with Crippen molar-refractivity contribution in [2.24, 2.45) is 5.73 Å². The van der Waals surface area contributed by atoms with Crippen LogP contribution in [0.2, 0.25) is 5.02 Å². The summed E-state index contributed by atoms with van der Waals surface area (Å²) in [4.78, 5) is 15.0. The predicted octanol–water partition coefficient (Wildman–Crippen LogP) is 3.16. The van der Waals surface area contributed by atoms with Gasteiger partial charge in [-0.05, 0) is 38.5 Å². The van der Waals surface area contributed by atoms with Crippen LogP contribution in [-0.4, -0.2) is 16.6 Å². The quantitative estimate of drug-likeness (QED) is 0.830. The van der Waals surface area contributed by atoms with Crippen LogP contribution in [0.5, 0.6) is 0 Å². The van der Waals surface area contributed by atoms with Crippen molar-refractivity contribution in [3.8, 4) is 0 Å². The largest absolute Gasteiger partial charge is 0.459 e. The number of aromatic nitrogens is 1. The second-order valence-corrected chi connectivity index (χ2v) is 5.86. The molecule has 0 aliphatic heterocycles. The molecule has 1 aromatic carbocycles. The Bertz CT molecular complexity index is 613. The average molecular weight is 281 g/mol. The first-order valence-corrected chi connectivity index (χ1v) is 6.41. The Labute approximate surface area is 116 Å². The molecule has 0 aliphatic rings. The molecule has 0 radical (unpaired) electrons. The van der Waals surface area contributed by atoms with Gasteiger partial charge in [-0.15, -0.1) is 0 Å². The normalized spacial score (nSPS) is 13.5. The van der Waals surface area contributed by atoms with Gasteiger partial charge >= 0.3 is 5.97 Å². The van der Waals surface area contributed by atoms with Crippen LogP contribution < -0.4 is 5.73 Å². The Morgan fingerprint density at radius 1 is 1.42 bits per heavy atom. The van der Waals surface area contributed by atoms with Crippen molar-refractivity contribution in [3.63, 3.8) is 0 Å². The second kappa shape index (κ2) is 4.87. The first kappa shape index (κ1) is 13.9. The van der Waals surface area contributed by atoms with Crippen molar-refractivity contribution in [2.45, 2.75) is 32.4 Å². The van der Waals surface area contributed by atoms with Gasteiger partial charge in [0.25, 0.3) is 0 Å². The molecule has 4 nitrogen and oxygen atoms in total. The lowest BCUT2D eigenvalue weighted by molar-refractivity contribution is -0.156. The number of H-pyrrole nitrogens is 1. The van der Waals surface area contributed by atoms with Gasteiger partial charge in [-0.1, -0.05) is 17.7 Å². The molecule has 0 bridgehead atoms. The third-order valence-corrected chi connectivity index (χ3v) is 2.99. The Morgan fingerprint density at radius 2 is 2.11 bits per heavy atom. The molecule has 0 fully saturated rings. The van der Waals surface area contributed by atoms with E-state index in [1.54, 1.807) is 12.3 Å². The number of benzene rings is 1. The third kappa shape index (κ3) is 3.08. The van der Waals surface area contributed by atoms with Gasteiger partial charge in [-0.2, -0.15) is 0 Å². The van der Waals surface area contributed by atoms with E-state index < -0.39 is 17.6 Å². The van der Waals surface area contributed by atoms with Crippen LogP contribution in [0.3, 0.4) is 0 Å². The SMILES string of the molecule is CC(C)(C)OC(=O)C(N)c1ccc2[nH]cc(Cl)c2c1. The Kier molecular flexibility index (Phi) is 3.56. The molecular weight excluding hydrogens is 264 g/mol. The number of rotatable bonds is 2. The van der Waals surface area contributed by atoms with E-state index in [1.165, 1.54) is 0 Å². The van der Waals surface area contributed by atoms with Crippen LogP contribution in [0, 0.1) is 0 Å². The molecular formula is C14H17ClN2O2. The molecule has 0 spiro atoms. The minimum Gasteiger partial charge on any atom is -0.459 e. The fourth-order valence-electron chi connectivity index (χ4n) is 1.80. The number of esters is 1. The zero-order valence-corrected chi connectivity index (χ0v) is 11.9. The molecule has 0 saturated heterocycles. The number of fused-ring (bicyclic) bond motifs is 1. The van der Waals surface area contributed by atoms with E-state index >= 15 is 0 Å². The van der Waals surface area contributed by atoms with Crippen molar-refractivity contribution in [1.29, 1.82) is 0 Å². The number of hydrogen-bond acceptors (Lipinski definition) is 3. The van der Waals surface area contributed by atoms with E-state index in [1.807, 2.05) is 32.9 Å². The van der Waals surface area contributed by atoms with Gasteiger partial charge < -0.3 is 15.5 Å². The highest BCUT2D eigenvalue weighted by atomic mass is 35.5. The van der Waals surface area contributed by atoms with Gasteiger partial charge in [0.2, 0.25) is 0 Å². The molecule has 3 N–H and O–H groups in total. The molecule has 0 amide bonds. The highest BCUT2D eigenvalue weighted by Gasteiger charge is 2.23. The summed E-state index contributed by atoms with van der Waals surface area (Å²) in [6.45, 7) is 5.43. The topological polar surface area (TPSA) is 68.1 Å². The van der Waals surface area contributed by atoms with E-state index in [-0.39, 0.29) is 0 Å². The first-order chi connectivity index (χ1) is 8.78. The fourth-order valence-corrected chi connectivity index (χ4v) is 2.01. The molecule has 1 heterocycles. The Balaban J connectivity index is 2.28. The zero-order valence-electron chi connectivity index (χ0n) is 11.2. The molecule has 1 aromatic heterocycles. The Hall–Kier alpha value is -1.52. The highest BCUT2D eigenvalue weighted by Crippen LogP contribution is 2.26. The fraction of sp³-hybridized carbons (Fsp3) is 0.357. The highest BCUT2D eigenvalue weighted by molar-refractivity contribution is 6.35. The standard InChI is InChI=1S/C14H17ClN2O2/c1-14(2,3)19-13(18)12(16)8-4-5-11-9(6-8)10(15)7-17-11/h4-7,12,17H,16H2,1-3H3. The molecule has 102 valence electrons. The lowest BCUT2D eigenvalue weighted by atomic mass is 10.1. The van der Waals surface area contributed by atoms with E-state index in [0.717, 1.165) is 10.9 Å². The molecule has 19 heavy (non-hydrogen) atoms. The second-order valence-electron chi connectivity index (χ2n) is 5.45. The average Bonchev–Trinajstić information content (AvgIpc) is 2.67. The number of carbonyl (C=O) groups excluding carboxylic acids is 1. The van der Waals surface area contributed by atoms with Crippen LogP contribution in [0.15, 0.2) is 24.4 Å². The maximum absolute atomic E-state index is 11.9. The number of nitrogens with two attached hydrogens (primary N) is 1. The van der Waals surface area contributed by atoms with Gasteiger partial charge in [0.05, 0.1) is 5.02 Å². The number of carbonyl (C=O) groups is 1. The summed E-state index contributed by atoms with van der Waals surface area (Å²) in [5.41, 5.74) is 6.97. The monoisotopic (exact) mass is 280 g/mol. The molecule has 0 saturated carbocycles. The summed E-state index contributed by atoms with van der Waals surface area (Å²) >= 11 is 6.05. The van der Waals surface area contributed by atoms with Crippen LogP contribution >= 0.6 is 11.6 Å². The van der Waals surface area contributed by atoms with Gasteiger partial charge in [-0.3, -0.25) is 0 Å². The van der Waals surface area contributed by atoms with E-state index in [2.05, 4.69) is 4.98 Å². The third-order valence-electron chi connectivity index (χ3n) is 2.68. The zero-order chi connectivity index (χ0) is 14.2. The van der Waals surface area contributed by atoms with Crippen molar-refractivity contribution in [1.82, 2.24) is 4.98 Å². The molecule has 0 aliphatic carbocycles. The van der Waals surface area contributed by atoms with Gasteiger partial charge in [0.1, 0.15) is 11.6 Å². The summed E-state index contributed by atoms with van der Waals surface area (Å²) in [7, 11) is 0. The van der Waals surface area contributed by atoms with E-state index in [4.69, 9.17) is 22.1 Å². The number of ether oxygens (including phenoxy) is 1.